The van der Waals surface area contributed by atoms with Crippen molar-refractivity contribution >= 4 is 31.1 Å². The lowest BCUT2D eigenvalue weighted by Gasteiger charge is -2.06. The summed E-state index contributed by atoms with van der Waals surface area (Å²) >= 11 is 1.52. The molecule has 0 unspecified atom stereocenters. The molecule has 1 saturated carbocycles. The second kappa shape index (κ2) is 4.04. The fraction of sp³-hybridized carbons (Fsp3) is 0.400. The van der Waals surface area contributed by atoms with Crippen LogP contribution in [0.15, 0.2) is 16.6 Å². The molecule has 3 rings (SSSR count). The van der Waals surface area contributed by atoms with Crippen LogP contribution in [0.2, 0.25) is 0 Å². The van der Waals surface area contributed by atoms with Crippen LogP contribution >= 0.6 is 22.0 Å². The van der Waals surface area contributed by atoms with Crippen LogP contribution in [0.4, 0.5) is 0 Å². The number of nitrogens with zero attached hydrogens (tertiary/aromatic N) is 3. The Bertz CT molecular complexity index is 701. The summed E-state index contributed by atoms with van der Waals surface area (Å²) in [5, 5.41) is 9.56. The first-order valence-electron chi connectivity index (χ1n) is 5.42. The second-order valence-corrected chi connectivity index (χ2v) is 7.65. The van der Waals surface area contributed by atoms with E-state index >= 15 is 0 Å². The highest BCUT2D eigenvalue weighted by atomic mass is 35.7. The molecule has 8 heteroatoms. The highest BCUT2D eigenvalue weighted by molar-refractivity contribution is 8.13. The van der Waals surface area contributed by atoms with Gasteiger partial charge in [-0.3, -0.25) is 4.57 Å². The van der Waals surface area contributed by atoms with Crippen LogP contribution in [0.1, 0.15) is 24.4 Å². The second-order valence-electron chi connectivity index (χ2n) is 4.28. The molecule has 1 fully saturated rings. The minimum atomic E-state index is -3.86. The van der Waals surface area contributed by atoms with E-state index in [4.69, 9.17) is 10.7 Å². The van der Waals surface area contributed by atoms with Crippen LogP contribution in [-0.4, -0.2) is 23.2 Å². The molecule has 0 N–H and O–H groups in total. The summed E-state index contributed by atoms with van der Waals surface area (Å²) in [6.45, 7) is 1.96. The van der Waals surface area contributed by atoms with Gasteiger partial charge in [0.05, 0.1) is 4.88 Å². The molecule has 0 bridgehead atoms. The van der Waals surface area contributed by atoms with E-state index in [9.17, 15) is 8.42 Å². The van der Waals surface area contributed by atoms with Crippen molar-refractivity contribution in [3.8, 4) is 10.7 Å². The maximum Gasteiger partial charge on any atom is 0.296 e. The van der Waals surface area contributed by atoms with Crippen LogP contribution < -0.4 is 0 Å². The Kier molecular flexibility index (Phi) is 2.72. The standard InChI is InChI=1S/C10H10ClN3O2S2/c1-6-4-5-17-8(6)9-12-13-10(18(11,15)16)14(9)7-2-3-7/h4-5,7H,2-3H2,1H3. The van der Waals surface area contributed by atoms with E-state index in [-0.39, 0.29) is 11.2 Å². The molecule has 0 aliphatic heterocycles. The lowest BCUT2D eigenvalue weighted by Crippen LogP contribution is -2.06. The van der Waals surface area contributed by atoms with Gasteiger partial charge in [-0.15, -0.1) is 21.5 Å². The summed E-state index contributed by atoms with van der Waals surface area (Å²) < 4.78 is 24.7. The molecule has 18 heavy (non-hydrogen) atoms. The van der Waals surface area contributed by atoms with Gasteiger partial charge in [0.15, 0.2) is 5.82 Å². The highest BCUT2D eigenvalue weighted by Crippen LogP contribution is 2.41. The number of rotatable bonds is 3. The van der Waals surface area contributed by atoms with E-state index in [0.29, 0.717) is 5.82 Å². The third-order valence-corrected chi connectivity index (χ3v) is 5.00. The van der Waals surface area contributed by atoms with Gasteiger partial charge >= 0.3 is 0 Å². The summed E-state index contributed by atoms with van der Waals surface area (Å²) in [5.41, 5.74) is 1.06. The summed E-state index contributed by atoms with van der Waals surface area (Å²) in [7, 11) is 1.55. The normalized spacial score (nSPS) is 16.1. The van der Waals surface area contributed by atoms with Crippen molar-refractivity contribution < 1.29 is 8.42 Å². The van der Waals surface area contributed by atoms with E-state index < -0.39 is 9.05 Å². The zero-order valence-electron chi connectivity index (χ0n) is 9.50. The third kappa shape index (κ3) is 1.96. The van der Waals surface area contributed by atoms with Crippen LogP contribution in [0.5, 0.6) is 0 Å². The molecule has 0 spiro atoms. The Labute approximate surface area is 113 Å². The van der Waals surface area contributed by atoms with E-state index in [2.05, 4.69) is 10.2 Å². The average Bonchev–Trinajstić information content (AvgIpc) is 2.86. The molecule has 1 aliphatic carbocycles. The Hall–Kier alpha value is -0.920. The minimum absolute atomic E-state index is 0.144. The number of aryl methyl sites for hydroxylation is 1. The molecule has 0 saturated heterocycles. The van der Waals surface area contributed by atoms with Gasteiger partial charge in [0, 0.05) is 16.7 Å². The molecule has 0 aromatic carbocycles. The number of thiophene rings is 1. The first-order valence-corrected chi connectivity index (χ1v) is 8.61. The van der Waals surface area contributed by atoms with Crippen molar-refractivity contribution in [1.82, 2.24) is 14.8 Å². The quantitative estimate of drug-likeness (QED) is 0.818. The summed E-state index contributed by atoms with van der Waals surface area (Å²) in [6.07, 6.45) is 1.88. The van der Waals surface area contributed by atoms with Crippen LogP contribution in [0.25, 0.3) is 10.7 Å². The van der Waals surface area contributed by atoms with E-state index in [1.165, 1.54) is 11.3 Å². The van der Waals surface area contributed by atoms with E-state index in [1.54, 1.807) is 4.57 Å². The molecule has 0 amide bonds. The number of hydrogen-bond donors (Lipinski definition) is 0. The summed E-state index contributed by atoms with van der Waals surface area (Å²) in [5.74, 6) is 0.601. The molecule has 2 aromatic rings. The molecular weight excluding hydrogens is 294 g/mol. The number of hydrogen-bond acceptors (Lipinski definition) is 5. The zero-order chi connectivity index (χ0) is 12.9. The number of halogens is 1. The van der Waals surface area contributed by atoms with Crippen molar-refractivity contribution in [2.24, 2.45) is 0 Å². The zero-order valence-corrected chi connectivity index (χ0v) is 11.9. The van der Waals surface area contributed by atoms with Crippen LogP contribution in [-0.2, 0) is 9.05 Å². The van der Waals surface area contributed by atoms with Crippen molar-refractivity contribution in [1.29, 1.82) is 0 Å². The molecular formula is C10H10ClN3O2S2. The Morgan fingerprint density at radius 1 is 1.44 bits per heavy atom. The molecule has 96 valence electrons. The van der Waals surface area contributed by atoms with Crippen molar-refractivity contribution in [3.05, 3.63) is 17.0 Å². The molecule has 2 aromatic heterocycles. The van der Waals surface area contributed by atoms with Gasteiger partial charge < -0.3 is 0 Å². The van der Waals surface area contributed by atoms with Crippen molar-refractivity contribution in [3.63, 3.8) is 0 Å². The first kappa shape index (κ1) is 12.1. The van der Waals surface area contributed by atoms with Gasteiger partial charge in [0.2, 0.25) is 0 Å². The molecule has 0 radical (unpaired) electrons. The topological polar surface area (TPSA) is 64.8 Å². The monoisotopic (exact) mass is 303 g/mol. The van der Waals surface area contributed by atoms with Gasteiger partial charge in [-0.05, 0) is 36.8 Å². The molecule has 5 nitrogen and oxygen atoms in total. The van der Waals surface area contributed by atoms with Gasteiger partial charge in [-0.25, -0.2) is 8.42 Å². The van der Waals surface area contributed by atoms with Gasteiger partial charge in [0.1, 0.15) is 0 Å². The largest absolute Gasteiger partial charge is 0.296 e. The fourth-order valence-electron chi connectivity index (χ4n) is 1.86. The lowest BCUT2D eigenvalue weighted by molar-refractivity contribution is 0.579. The van der Waals surface area contributed by atoms with Crippen LogP contribution in [0.3, 0.4) is 0 Å². The Morgan fingerprint density at radius 3 is 2.67 bits per heavy atom. The van der Waals surface area contributed by atoms with Gasteiger partial charge in [-0.1, -0.05) is 0 Å². The van der Waals surface area contributed by atoms with Crippen molar-refractivity contribution in [2.45, 2.75) is 31.0 Å². The minimum Gasteiger partial charge on any atom is -0.293 e. The van der Waals surface area contributed by atoms with Crippen molar-refractivity contribution in [2.75, 3.05) is 0 Å². The van der Waals surface area contributed by atoms with E-state index in [1.807, 2.05) is 18.4 Å². The van der Waals surface area contributed by atoms with E-state index in [0.717, 1.165) is 23.3 Å². The molecule has 0 atom stereocenters. The molecule has 1 aliphatic rings. The predicted octanol–water partition coefficient (Wildman–Crippen LogP) is 2.58. The Balaban J connectivity index is 2.23. The maximum atomic E-state index is 11.5. The lowest BCUT2D eigenvalue weighted by atomic mass is 10.3. The predicted molar refractivity (Wildman–Crippen MR) is 69.4 cm³/mol. The average molecular weight is 304 g/mol. The van der Waals surface area contributed by atoms with Crippen LogP contribution in [0, 0.1) is 6.92 Å². The highest BCUT2D eigenvalue weighted by Gasteiger charge is 2.34. The Morgan fingerprint density at radius 2 is 2.17 bits per heavy atom. The number of aromatic nitrogens is 3. The summed E-state index contributed by atoms with van der Waals surface area (Å²) in [4.78, 5) is 0.945. The fourth-order valence-corrected chi connectivity index (χ4v) is 3.69. The first-order chi connectivity index (χ1) is 8.48. The SMILES string of the molecule is Cc1ccsc1-c1nnc(S(=O)(=O)Cl)n1C1CC1. The van der Waals surface area contributed by atoms with Gasteiger partial charge in [-0.2, -0.15) is 0 Å². The third-order valence-electron chi connectivity index (χ3n) is 2.86. The smallest absolute Gasteiger partial charge is 0.293 e. The van der Waals surface area contributed by atoms with Gasteiger partial charge in [0.25, 0.3) is 14.2 Å². The molecule has 2 heterocycles. The maximum absolute atomic E-state index is 11.5. The summed E-state index contributed by atoms with van der Waals surface area (Å²) in [6, 6.07) is 2.13.